The summed E-state index contributed by atoms with van der Waals surface area (Å²) in [5.74, 6) is -0.159. The molecule has 3 fully saturated rings. The van der Waals surface area contributed by atoms with Crippen LogP contribution in [0.25, 0.3) is 0 Å². The molecule has 0 spiro atoms. The van der Waals surface area contributed by atoms with Gasteiger partial charge in [0, 0.05) is 0 Å². The molecule has 6 N–H and O–H groups in total. The molecule has 45 heavy (non-hydrogen) atoms. The predicted octanol–water partition coefficient (Wildman–Crippen LogP) is 4.11. The number of carboxylic acids is 1. The highest BCUT2D eigenvalue weighted by Gasteiger charge is 2.71. The maximum Gasteiger partial charge on any atom is 0.317 e. The third-order valence-corrected chi connectivity index (χ3v) is 13.3. The Morgan fingerprint density at radius 1 is 1.02 bits per heavy atom. The van der Waals surface area contributed by atoms with Crippen LogP contribution in [0.3, 0.4) is 0 Å². The molecule has 1 heterocycles. The van der Waals surface area contributed by atoms with Crippen LogP contribution in [0.1, 0.15) is 92.4 Å². The van der Waals surface area contributed by atoms with Gasteiger partial charge in [-0.1, -0.05) is 64.5 Å². The van der Waals surface area contributed by atoms with Crippen LogP contribution in [0.4, 0.5) is 0 Å². The van der Waals surface area contributed by atoms with Crippen LogP contribution in [-0.4, -0.2) is 86.1 Å². The molecule has 254 valence electrons. The fourth-order valence-corrected chi connectivity index (χ4v) is 10.4. The summed E-state index contributed by atoms with van der Waals surface area (Å²) >= 11 is 0. The lowest BCUT2D eigenvalue weighted by atomic mass is 9.45. The topological polar surface area (TPSA) is 157 Å². The lowest BCUT2D eigenvalue weighted by Crippen LogP contribution is -2.60. The van der Waals surface area contributed by atoms with Gasteiger partial charge in [0.05, 0.1) is 18.8 Å². The molecule has 0 aromatic rings. The third kappa shape index (κ3) is 5.20. The van der Waals surface area contributed by atoms with Crippen LogP contribution in [0.2, 0.25) is 0 Å². The molecular formula is C36H56O9. The van der Waals surface area contributed by atoms with Gasteiger partial charge in [0.1, 0.15) is 29.8 Å². The smallest absolute Gasteiger partial charge is 0.317 e. The van der Waals surface area contributed by atoms with E-state index >= 15 is 0 Å². The first-order valence-electron chi connectivity index (χ1n) is 17.0. The number of allylic oxidation sites excluding steroid dienone is 2. The number of aliphatic hydroxyl groups is 5. The Balaban J connectivity index is 1.41. The van der Waals surface area contributed by atoms with E-state index in [0.717, 1.165) is 36.0 Å². The zero-order valence-electron chi connectivity index (χ0n) is 27.7. The Morgan fingerprint density at radius 3 is 2.33 bits per heavy atom. The van der Waals surface area contributed by atoms with Gasteiger partial charge in [0.15, 0.2) is 6.29 Å². The first-order chi connectivity index (χ1) is 21.1. The summed E-state index contributed by atoms with van der Waals surface area (Å²) in [4.78, 5) is 13.5. The van der Waals surface area contributed by atoms with Gasteiger partial charge in [-0.05, 0) is 97.9 Å². The fraction of sp³-hybridized carbons (Fsp3) is 0.806. The summed E-state index contributed by atoms with van der Waals surface area (Å²) in [6.07, 6.45) is -1.89. The van der Waals surface area contributed by atoms with E-state index in [0.29, 0.717) is 44.4 Å². The van der Waals surface area contributed by atoms with E-state index in [4.69, 9.17) is 9.47 Å². The third-order valence-electron chi connectivity index (χ3n) is 13.3. The molecule has 0 radical (unpaired) electrons. The normalized spacial score (nSPS) is 45.6. The number of aliphatic hydroxyl groups excluding tert-OH is 5. The Labute approximate surface area is 268 Å². The van der Waals surface area contributed by atoms with Crippen molar-refractivity contribution >= 4 is 5.97 Å². The average Bonchev–Trinajstić information content (AvgIpc) is 3.24. The van der Waals surface area contributed by atoms with Crippen molar-refractivity contribution in [3.05, 3.63) is 35.5 Å². The van der Waals surface area contributed by atoms with E-state index in [9.17, 15) is 35.4 Å². The van der Waals surface area contributed by atoms with Crippen molar-refractivity contribution in [2.75, 3.05) is 6.61 Å². The van der Waals surface area contributed by atoms with Gasteiger partial charge in [0.2, 0.25) is 0 Å². The Morgan fingerprint density at radius 2 is 1.71 bits per heavy atom. The standard InChI is InChI=1S/C36H56O9/c1-18(2)19(3)8-9-20(4)25-16-28(38)36(33(42)43)24-11-10-22-21(5)26(13-14-34(22,6)23(24)12-15-35(25,36)7)44-32-31(41)30(40)29(39)27(17-37)45-32/h18,20,22,25-32,37-41H,3,5,8-17H2,1-2,4,6-7H3,(H,42,43)/t20-,22+,25-,26+,27-,28-,29-,30+,31-,32+,34+,35-,36-/m1/s1. The highest BCUT2D eigenvalue weighted by Crippen LogP contribution is 2.72. The maximum atomic E-state index is 13.5. The molecule has 0 aromatic carbocycles. The highest BCUT2D eigenvalue weighted by molar-refractivity contribution is 5.83. The highest BCUT2D eigenvalue weighted by atomic mass is 16.7. The number of fused-ring (bicyclic) bond motifs is 4. The van der Waals surface area contributed by atoms with Gasteiger partial charge in [-0.25, -0.2) is 0 Å². The van der Waals surface area contributed by atoms with Gasteiger partial charge in [0.25, 0.3) is 0 Å². The molecule has 0 unspecified atom stereocenters. The molecule has 2 saturated carbocycles. The first kappa shape index (κ1) is 34.7. The van der Waals surface area contributed by atoms with Gasteiger partial charge in [-0.3, -0.25) is 4.79 Å². The maximum absolute atomic E-state index is 13.5. The molecule has 0 aromatic heterocycles. The van der Waals surface area contributed by atoms with Gasteiger partial charge in [-0.2, -0.15) is 0 Å². The van der Waals surface area contributed by atoms with Crippen molar-refractivity contribution in [2.24, 2.45) is 39.9 Å². The minimum atomic E-state index is -1.52. The lowest BCUT2D eigenvalue weighted by molar-refractivity contribution is -0.310. The summed E-state index contributed by atoms with van der Waals surface area (Å²) < 4.78 is 11.8. The Hall–Kier alpha value is -1.59. The number of rotatable bonds is 9. The van der Waals surface area contributed by atoms with Crippen molar-refractivity contribution in [2.45, 2.75) is 135 Å². The first-order valence-corrected chi connectivity index (χ1v) is 17.0. The number of carboxylic acid groups (broad SMARTS) is 1. The largest absolute Gasteiger partial charge is 0.480 e. The molecule has 1 aliphatic heterocycles. The Bertz CT molecular complexity index is 1210. The number of hydrogen-bond acceptors (Lipinski definition) is 8. The van der Waals surface area contributed by atoms with E-state index in [1.54, 1.807) is 0 Å². The number of hydrogen-bond donors (Lipinski definition) is 6. The van der Waals surface area contributed by atoms with Gasteiger partial charge < -0.3 is 40.1 Å². The Kier molecular flexibility index (Phi) is 9.62. The van der Waals surface area contributed by atoms with E-state index in [1.807, 2.05) is 0 Å². The molecule has 5 aliphatic rings. The summed E-state index contributed by atoms with van der Waals surface area (Å²) in [7, 11) is 0. The molecule has 5 rings (SSSR count). The molecular weight excluding hydrogens is 576 g/mol. The van der Waals surface area contributed by atoms with Crippen LogP contribution < -0.4 is 0 Å². The van der Waals surface area contributed by atoms with Crippen LogP contribution in [-0.2, 0) is 14.3 Å². The zero-order chi connectivity index (χ0) is 33.2. The lowest BCUT2D eigenvalue weighted by Gasteiger charge is -2.59. The van der Waals surface area contributed by atoms with Gasteiger partial charge >= 0.3 is 5.97 Å². The van der Waals surface area contributed by atoms with Crippen molar-refractivity contribution in [3.8, 4) is 0 Å². The van der Waals surface area contributed by atoms with Gasteiger partial charge in [-0.15, -0.1) is 0 Å². The average molecular weight is 633 g/mol. The number of carbonyl (C=O) groups is 1. The molecule has 9 heteroatoms. The van der Waals surface area contributed by atoms with E-state index in [1.165, 1.54) is 5.57 Å². The molecule has 4 aliphatic carbocycles. The molecule has 0 bridgehead atoms. The minimum Gasteiger partial charge on any atom is -0.480 e. The predicted molar refractivity (Wildman–Crippen MR) is 169 cm³/mol. The van der Waals surface area contributed by atoms with Crippen LogP contribution >= 0.6 is 0 Å². The molecule has 13 atom stereocenters. The summed E-state index contributed by atoms with van der Waals surface area (Å²) in [6, 6.07) is 0. The van der Waals surface area contributed by atoms with Crippen molar-refractivity contribution in [1.82, 2.24) is 0 Å². The second-order valence-electron chi connectivity index (χ2n) is 15.6. The van der Waals surface area contributed by atoms with Crippen LogP contribution in [0, 0.1) is 39.9 Å². The van der Waals surface area contributed by atoms with E-state index in [-0.39, 0.29) is 23.2 Å². The monoisotopic (exact) mass is 632 g/mol. The fourth-order valence-electron chi connectivity index (χ4n) is 10.4. The van der Waals surface area contributed by atoms with E-state index < -0.39 is 66.3 Å². The van der Waals surface area contributed by atoms with Crippen LogP contribution in [0.5, 0.6) is 0 Å². The quantitative estimate of drug-likeness (QED) is 0.206. The minimum absolute atomic E-state index is 0.00500. The van der Waals surface area contributed by atoms with E-state index in [2.05, 4.69) is 47.8 Å². The second-order valence-corrected chi connectivity index (χ2v) is 15.6. The SMILES string of the molecule is C=C(CC[C@@H](C)[C@H]1C[C@@H](O)[C@@]2(C(=O)O)C3=C(CC[C@]12C)[C@@]1(C)CC[C@H](O[C@H]2O[C@H](CO)[C@@H](O)[C@H](O)[C@H]2O)C(=C)[C@@H]1CC3)C(C)C. The second kappa shape index (κ2) is 12.5. The molecule has 1 saturated heterocycles. The number of aliphatic carboxylic acids is 1. The van der Waals surface area contributed by atoms with Crippen molar-refractivity contribution in [1.29, 1.82) is 0 Å². The summed E-state index contributed by atoms with van der Waals surface area (Å²) in [6.45, 7) is 19.0. The van der Waals surface area contributed by atoms with Crippen molar-refractivity contribution < 1.29 is 44.9 Å². The summed E-state index contributed by atoms with van der Waals surface area (Å²) in [5.41, 5.74) is 1.90. The zero-order valence-corrected chi connectivity index (χ0v) is 27.7. The number of ether oxygens (including phenoxy) is 2. The van der Waals surface area contributed by atoms with Crippen LogP contribution in [0.15, 0.2) is 35.5 Å². The summed E-state index contributed by atoms with van der Waals surface area (Å²) in [5, 5.41) is 63.5. The molecule has 9 nitrogen and oxygen atoms in total. The van der Waals surface area contributed by atoms with Crippen molar-refractivity contribution in [3.63, 3.8) is 0 Å². The molecule has 0 amide bonds.